The topological polar surface area (TPSA) is 35.8 Å². The van der Waals surface area contributed by atoms with E-state index in [2.05, 4.69) is 17.4 Å². The van der Waals surface area contributed by atoms with Crippen LogP contribution in [0.4, 0.5) is 10.1 Å². The minimum absolute atomic E-state index is 0.0931. The summed E-state index contributed by atoms with van der Waals surface area (Å²) in [5, 5.41) is 12.0. The molecular weight excluding hydrogens is 251 g/mol. The Kier molecular flexibility index (Phi) is 5.14. The van der Waals surface area contributed by atoms with Crippen LogP contribution in [0.5, 0.6) is 0 Å². The van der Waals surface area contributed by atoms with E-state index in [9.17, 15) is 4.39 Å². The molecule has 20 heavy (non-hydrogen) atoms. The second-order valence-electron chi connectivity index (χ2n) is 4.64. The van der Waals surface area contributed by atoms with Crippen molar-refractivity contribution in [3.63, 3.8) is 0 Å². The highest BCUT2D eigenvalue weighted by molar-refractivity contribution is 5.57. The molecule has 0 aromatic heterocycles. The highest BCUT2D eigenvalue weighted by atomic mass is 19.1. The summed E-state index contributed by atoms with van der Waals surface area (Å²) in [5.74, 6) is -0.471. The summed E-state index contributed by atoms with van der Waals surface area (Å²) in [5.41, 5.74) is 2.00. The van der Waals surface area contributed by atoms with Crippen LogP contribution < -0.4 is 5.32 Å². The van der Waals surface area contributed by atoms with Crippen molar-refractivity contribution in [2.75, 3.05) is 11.9 Å². The summed E-state index contributed by atoms with van der Waals surface area (Å²) < 4.78 is 13.4. The molecule has 0 amide bonds. The van der Waals surface area contributed by atoms with Gasteiger partial charge in [-0.15, -0.1) is 0 Å². The van der Waals surface area contributed by atoms with Crippen LogP contribution >= 0.6 is 0 Å². The van der Waals surface area contributed by atoms with Gasteiger partial charge in [-0.3, -0.25) is 0 Å². The Morgan fingerprint density at radius 3 is 2.55 bits per heavy atom. The third-order valence-corrected chi connectivity index (χ3v) is 3.18. The van der Waals surface area contributed by atoms with E-state index >= 15 is 0 Å². The molecule has 0 bridgehead atoms. The van der Waals surface area contributed by atoms with Gasteiger partial charge in [0.25, 0.3) is 0 Å². The number of anilines is 1. The normalized spacial score (nSPS) is 10.0. The molecule has 0 aliphatic carbocycles. The zero-order valence-electron chi connectivity index (χ0n) is 11.3. The third kappa shape index (κ3) is 3.83. The van der Waals surface area contributed by atoms with Gasteiger partial charge in [0.05, 0.1) is 5.69 Å². The fourth-order valence-electron chi connectivity index (χ4n) is 2.11. The van der Waals surface area contributed by atoms with Crippen LogP contribution in [0.3, 0.4) is 0 Å². The molecule has 2 nitrogen and oxygen atoms in total. The number of unbranched alkanes of at least 4 members (excludes halogenated alkanes) is 1. The molecule has 0 fully saturated rings. The van der Waals surface area contributed by atoms with Crippen molar-refractivity contribution < 1.29 is 4.39 Å². The van der Waals surface area contributed by atoms with E-state index < -0.39 is 5.82 Å². The zero-order chi connectivity index (χ0) is 14.2. The van der Waals surface area contributed by atoms with E-state index in [4.69, 9.17) is 5.26 Å². The first-order chi connectivity index (χ1) is 9.81. The second-order valence-corrected chi connectivity index (χ2v) is 4.64. The molecule has 0 saturated carbocycles. The van der Waals surface area contributed by atoms with Gasteiger partial charge < -0.3 is 5.32 Å². The third-order valence-electron chi connectivity index (χ3n) is 3.18. The van der Waals surface area contributed by atoms with Gasteiger partial charge >= 0.3 is 0 Å². The number of rotatable bonds is 6. The molecule has 0 heterocycles. The Bertz CT molecular complexity index is 588. The van der Waals surface area contributed by atoms with Crippen LogP contribution in [0.15, 0.2) is 48.5 Å². The molecule has 0 atom stereocenters. The Hall–Kier alpha value is -2.34. The van der Waals surface area contributed by atoms with Crippen LogP contribution in [-0.2, 0) is 6.42 Å². The lowest BCUT2D eigenvalue weighted by Gasteiger charge is -2.08. The second kappa shape index (κ2) is 7.30. The highest BCUT2D eigenvalue weighted by Gasteiger charge is 2.06. The van der Waals surface area contributed by atoms with Crippen LogP contribution in [0, 0.1) is 17.1 Å². The van der Waals surface area contributed by atoms with E-state index in [1.54, 1.807) is 12.1 Å². The van der Waals surface area contributed by atoms with E-state index in [0.717, 1.165) is 25.8 Å². The fraction of sp³-hybridized carbons (Fsp3) is 0.235. The maximum absolute atomic E-state index is 13.4. The lowest BCUT2D eigenvalue weighted by atomic mass is 10.1. The maximum atomic E-state index is 13.4. The number of halogens is 1. The first-order valence-electron chi connectivity index (χ1n) is 6.77. The van der Waals surface area contributed by atoms with Crippen molar-refractivity contribution in [3.8, 4) is 6.07 Å². The maximum Gasteiger partial charge on any atom is 0.143 e. The van der Waals surface area contributed by atoms with E-state index in [-0.39, 0.29) is 5.56 Å². The predicted octanol–water partition coefficient (Wildman–Crippen LogP) is 4.13. The summed E-state index contributed by atoms with van der Waals surface area (Å²) in [6.45, 7) is 0.741. The molecule has 3 heteroatoms. The lowest BCUT2D eigenvalue weighted by Crippen LogP contribution is -2.04. The Morgan fingerprint density at radius 2 is 1.80 bits per heavy atom. The van der Waals surface area contributed by atoms with Crippen LogP contribution in [0.1, 0.15) is 24.0 Å². The van der Waals surface area contributed by atoms with Gasteiger partial charge in [0.15, 0.2) is 0 Å². The smallest absolute Gasteiger partial charge is 0.143 e. The molecule has 102 valence electrons. The fourth-order valence-corrected chi connectivity index (χ4v) is 2.11. The SMILES string of the molecule is N#Cc1c(F)cccc1NCCCCc1ccccc1. The number of hydrogen-bond acceptors (Lipinski definition) is 2. The predicted molar refractivity (Wildman–Crippen MR) is 79.0 cm³/mol. The summed E-state index contributed by atoms with van der Waals surface area (Å²) in [4.78, 5) is 0. The van der Waals surface area contributed by atoms with Gasteiger partial charge in [-0.1, -0.05) is 36.4 Å². The summed E-state index contributed by atoms with van der Waals surface area (Å²) >= 11 is 0. The van der Waals surface area contributed by atoms with Crippen molar-refractivity contribution in [1.82, 2.24) is 0 Å². The monoisotopic (exact) mass is 268 g/mol. The first-order valence-corrected chi connectivity index (χ1v) is 6.77. The Balaban J connectivity index is 1.77. The minimum atomic E-state index is -0.471. The summed E-state index contributed by atoms with van der Waals surface area (Å²) in [7, 11) is 0. The summed E-state index contributed by atoms with van der Waals surface area (Å²) in [6.07, 6.45) is 3.08. The number of nitriles is 1. The van der Waals surface area contributed by atoms with Gasteiger partial charge in [-0.05, 0) is 37.0 Å². The number of nitrogens with one attached hydrogen (secondary N) is 1. The van der Waals surface area contributed by atoms with Crippen LogP contribution in [-0.4, -0.2) is 6.54 Å². The number of nitrogens with zero attached hydrogens (tertiary/aromatic N) is 1. The lowest BCUT2D eigenvalue weighted by molar-refractivity contribution is 0.624. The Labute approximate surface area is 118 Å². The van der Waals surface area contributed by atoms with Crippen molar-refractivity contribution in [1.29, 1.82) is 5.26 Å². The van der Waals surface area contributed by atoms with Gasteiger partial charge in [0.2, 0.25) is 0 Å². The van der Waals surface area contributed by atoms with Crippen LogP contribution in [0.2, 0.25) is 0 Å². The van der Waals surface area contributed by atoms with Crippen LogP contribution in [0.25, 0.3) is 0 Å². The molecule has 0 spiro atoms. The first kappa shape index (κ1) is 14.1. The molecule has 2 aromatic rings. The van der Waals surface area contributed by atoms with E-state index in [1.807, 2.05) is 24.3 Å². The van der Waals surface area contributed by atoms with Gasteiger partial charge in [-0.2, -0.15) is 5.26 Å². The zero-order valence-corrected chi connectivity index (χ0v) is 11.3. The Morgan fingerprint density at radius 1 is 1.00 bits per heavy atom. The minimum Gasteiger partial charge on any atom is -0.384 e. The number of benzene rings is 2. The highest BCUT2D eigenvalue weighted by Crippen LogP contribution is 2.17. The standard InChI is InChI=1S/C17H17FN2/c18-16-10-6-11-17(15(16)13-19)20-12-5-4-9-14-7-2-1-3-8-14/h1-3,6-8,10-11,20H,4-5,9,12H2. The largest absolute Gasteiger partial charge is 0.384 e. The van der Waals surface area contributed by atoms with Crippen molar-refractivity contribution in [3.05, 3.63) is 65.5 Å². The molecule has 0 saturated heterocycles. The van der Waals surface area contributed by atoms with E-state index in [1.165, 1.54) is 11.6 Å². The van der Waals surface area contributed by atoms with E-state index in [0.29, 0.717) is 5.69 Å². The number of aryl methyl sites for hydroxylation is 1. The molecular formula is C17H17FN2. The number of hydrogen-bond donors (Lipinski definition) is 1. The van der Waals surface area contributed by atoms with Crippen molar-refractivity contribution in [2.45, 2.75) is 19.3 Å². The van der Waals surface area contributed by atoms with Gasteiger partial charge in [-0.25, -0.2) is 4.39 Å². The van der Waals surface area contributed by atoms with Crippen molar-refractivity contribution in [2.24, 2.45) is 0 Å². The molecule has 2 rings (SSSR count). The molecule has 0 radical (unpaired) electrons. The molecule has 0 aliphatic heterocycles. The molecule has 2 aromatic carbocycles. The molecule has 0 unspecified atom stereocenters. The van der Waals surface area contributed by atoms with Gasteiger partial charge in [0.1, 0.15) is 17.4 Å². The quantitative estimate of drug-likeness (QED) is 0.799. The molecule has 0 aliphatic rings. The van der Waals surface area contributed by atoms with Gasteiger partial charge in [0, 0.05) is 6.54 Å². The average Bonchev–Trinajstić information content (AvgIpc) is 2.48. The van der Waals surface area contributed by atoms with Crippen molar-refractivity contribution >= 4 is 5.69 Å². The average molecular weight is 268 g/mol. The summed E-state index contributed by atoms with van der Waals surface area (Å²) in [6, 6.07) is 16.9. The molecule has 1 N–H and O–H groups in total.